The molecule has 0 radical (unpaired) electrons. The highest BCUT2D eigenvalue weighted by Gasteiger charge is 2.36. The zero-order valence-corrected chi connectivity index (χ0v) is 13.3. The van der Waals surface area contributed by atoms with Crippen molar-refractivity contribution in [1.82, 2.24) is 0 Å². The summed E-state index contributed by atoms with van der Waals surface area (Å²) in [5.74, 6) is -1.17. The lowest BCUT2D eigenvalue weighted by Gasteiger charge is -2.26. The van der Waals surface area contributed by atoms with Crippen LogP contribution in [0.5, 0.6) is 0 Å². The molecule has 3 atom stereocenters. The first-order chi connectivity index (χ1) is 8.91. The van der Waals surface area contributed by atoms with Gasteiger partial charge in [-0.1, -0.05) is 12.2 Å². The van der Waals surface area contributed by atoms with Crippen molar-refractivity contribution in [2.45, 2.75) is 32.8 Å². The van der Waals surface area contributed by atoms with Gasteiger partial charge in [0.1, 0.15) is 5.94 Å². The summed E-state index contributed by atoms with van der Waals surface area (Å²) < 4.78 is 10.4. The largest absolute Gasteiger partial charge is 0.463 e. The number of thiol groups is 2. The van der Waals surface area contributed by atoms with E-state index in [0.717, 1.165) is 0 Å². The monoisotopic (exact) mass is 306 g/mol. The molecule has 1 rings (SSSR count). The van der Waals surface area contributed by atoms with Crippen LogP contribution in [-0.2, 0) is 19.1 Å². The number of carbonyl (C=O) groups excluding carboxylic acids is 2. The number of rotatable bonds is 5. The lowest BCUT2D eigenvalue weighted by atomic mass is 9.83. The average Bonchev–Trinajstić information content (AvgIpc) is 2.35. The molecule has 0 spiro atoms. The molecular weight excluding hydrogens is 284 g/mol. The van der Waals surface area contributed by atoms with Crippen LogP contribution in [0.25, 0.3) is 0 Å². The summed E-state index contributed by atoms with van der Waals surface area (Å²) >= 11 is 4.23. The molecule has 1 aliphatic carbocycles. The van der Waals surface area contributed by atoms with E-state index in [1.54, 1.807) is 13.8 Å². The van der Waals surface area contributed by atoms with E-state index < -0.39 is 21.8 Å². The number of carbonyl (C=O) groups is 2. The van der Waals surface area contributed by atoms with Gasteiger partial charge in [0.05, 0.1) is 17.9 Å². The van der Waals surface area contributed by atoms with Gasteiger partial charge in [-0.25, -0.2) is 0 Å². The summed E-state index contributed by atoms with van der Waals surface area (Å²) in [4.78, 5) is 24.0. The molecule has 6 heteroatoms. The first-order valence-electron chi connectivity index (χ1n) is 6.34. The Labute approximate surface area is 122 Å². The number of hydrogen-bond donors (Lipinski definition) is 2. The fourth-order valence-electron chi connectivity index (χ4n) is 1.92. The minimum Gasteiger partial charge on any atom is -0.463 e. The minimum atomic E-state index is -0.580. The van der Waals surface area contributed by atoms with E-state index in [9.17, 15) is 9.59 Å². The Morgan fingerprint density at radius 2 is 1.79 bits per heavy atom. The predicted octanol–water partition coefficient (Wildman–Crippen LogP) is 2.50. The summed E-state index contributed by atoms with van der Waals surface area (Å²) in [6, 6.07) is 0. The molecule has 1 aliphatic rings. The van der Waals surface area contributed by atoms with Crippen LogP contribution in [-0.4, -0.2) is 30.2 Å². The molecular formula is C13H22O4S2. The topological polar surface area (TPSA) is 52.6 Å². The van der Waals surface area contributed by atoms with Crippen molar-refractivity contribution in [2.75, 3.05) is 12.2 Å². The zero-order valence-electron chi connectivity index (χ0n) is 11.5. The van der Waals surface area contributed by atoms with Crippen molar-refractivity contribution in [3.8, 4) is 0 Å². The van der Waals surface area contributed by atoms with Crippen LogP contribution >= 0.6 is 21.6 Å². The first-order valence-corrected chi connectivity index (χ1v) is 9.46. The van der Waals surface area contributed by atoms with Crippen LogP contribution in [0.15, 0.2) is 12.2 Å². The quantitative estimate of drug-likeness (QED) is 0.355. The van der Waals surface area contributed by atoms with Crippen molar-refractivity contribution < 1.29 is 19.1 Å². The third-order valence-corrected chi connectivity index (χ3v) is 3.63. The van der Waals surface area contributed by atoms with E-state index in [2.05, 4.69) is 11.7 Å². The van der Waals surface area contributed by atoms with Crippen molar-refractivity contribution in [3.05, 3.63) is 12.2 Å². The molecule has 0 saturated carbocycles. The van der Waals surface area contributed by atoms with Crippen molar-refractivity contribution in [2.24, 2.45) is 11.8 Å². The van der Waals surface area contributed by atoms with Crippen LogP contribution in [0.1, 0.15) is 26.7 Å². The molecule has 0 amide bonds. The van der Waals surface area contributed by atoms with Gasteiger partial charge in [0.25, 0.3) is 0 Å². The lowest BCUT2D eigenvalue weighted by molar-refractivity contribution is -0.162. The van der Waals surface area contributed by atoms with E-state index >= 15 is 0 Å². The molecule has 0 N–H and O–H groups in total. The molecule has 110 valence electrons. The molecule has 0 fully saturated rings. The molecule has 3 unspecified atom stereocenters. The van der Waals surface area contributed by atoms with Gasteiger partial charge in [0.15, 0.2) is 0 Å². The Hall–Kier alpha value is -0.620. The second-order valence-electron chi connectivity index (χ2n) is 4.89. The van der Waals surface area contributed by atoms with Gasteiger partial charge in [0, 0.05) is 0 Å². The Morgan fingerprint density at radius 3 is 2.26 bits per heavy atom. The van der Waals surface area contributed by atoms with Gasteiger partial charge in [0.2, 0.25) is 0 Å². The fourth-order valence-corrected chi connectivity index (χ4v) is 2.41. The van der Waals surface area contributed by atoms with Gasteiger partial charge in [-0.3, -0.25) is 9.59 Å². The second kappa shape index (κ2) is 7.85. The second-order valence-corrected chi connectivity index (χ2v) is 8.51. The molecule has 0 saturated heterocycles. The highest BCUT2D eigenvalue weighted by Crippen LogP contribution is 2.30. The van der Waals surface area contributed by atoms with Gasteiger partial charge in [-0.15, -0.1) is 11.7 Å². The lowest BCUT2D eigenvalue weighted by Crippen LogP contribution is -2.34. The molecule has 4 nitrogen and oxygen atoms in total. The van der Waals surface area contributed by atoms with Gasteiger partial charge >= 0.3 is 11.9 Å². The molecule has 0 aromatic heterocycles. The van der Waals surface area contributed by atoms with E-state index in [0.29, 0.717) is 18.8 Å². The van der Waals surface area contributed by atoms with Crippen LogP contribution in [0.4, 0.5) is 0 Å². The maximum atomic E-state index is 12.0. The van der Waals surface area contributed by atoms with Crippen LogP contribution in [0.2, 0.25) is 0 Å². The standard InChI is InChI=1S/C13H22O4S2/c1-9(2)17-13(15)11-7-5-4-6-10(11)12(14)16-8-19(3)18/h4-5,9-11,18-19H,6-8H2,1-3H3. The van der Waals surface area contributed by atoms with Crippen molar-refractivity contribution in [1.29, 1.82) is 0 Å². The highest BCUT2D eigenvalue weighted by molar-refractivity contribution is 8.77. The van der Waals surface area contributed by atoms with Gasteiger partial charge in [-0.2, -0.15) is 9.93 Å². The van der Waals surface area contributed by atoms with E-state index in [4.69, 9.17) is 9.47 Å². The van der Waals surface area contributed by atoms with Crippen LogP contribution < -0.4 is 0 Å². The number of hydrogen-bond acceptors (Lipinski definition) is 5. The van der Waals surface area contributed by atoms with Gasteiger partial charge in [-0.05, 0) is 32.9 Å². The number of ether oxygens (including phenoxy) is 2. The molecule has 0 aromatic carbocycles. The van der Waals surface area contributed by atoms with Gasteiger partial charge < -0.3 is 9.47 Å². The summed E-state index contributed by atoms with van der Waals surface area (Å²) in [6.07, 6.45) is 6.65. The third kappa shape index (κ3) is 5.48. The summed E-state index contributed by atoms with van der Waals surface area (Å²) in [7, 11) is -0.580. The maximum Gasteiger partial charge on any atom is 0.310 e. The summed E-state index contributed by atoms with van der Waals surface area (Å²) in [5, 5.41) is 0. The van der Waals surface area contributed by atoms with Crippen molar-refractivity contribution >= 4 is 33.5 Å². The first kappa shape index (κ1) is 16.4. The summed E-state index contributed by atoms with van der Waals surface area (Å²) in [6.45, 7) is 3.60. The molecule has 0 aliphatic heterocycles. The third-order valence-electron chi connectivity index (χ3n) is 2.78. The smallest absolute Gasteiger partial charge is 0.310 e. The number of esters is 2. The Bertz CT molecular complexity index is 353. The molecule has 0 aromatic rings. The average molecular weight is 306 g/mol. The SMILES string of the molecule is CC(C)OC(=O)C1CC=CCC1C(=O)OC[SH](C)S. The Balaban J connectivity index is 2.65. The zero-order chi connectivity index (χ0) is 14.4. The fraction of sp³-hybridized carbons (Fsp3) is 0.692. The Kier molecular flexibility index (Phi) is 6.79. The maximum absolute atomic E-state index is 12.0. The van der Waals surface area contributed by atoms with E-state index in [-0.39, 0.29) is 18.0 Å². The summed E-state index contributed by atoms with van der Waals surface area (Å²) in [5.41, 5.74) is 0. The highest BCUT2D eigenvalue weighted by atomic mass is 33.1. The normalized spacial score (nSPS) is 25.0. The van der Waals surface area contributed by atoms with Crippen molar-refractivity contribution in [3.63, 3.8) is 0 Å². The van der Waals surface area contributed by atoms with Crippen LogP contribution in [0.3, 0.4) is 0 Å². The number of allylic oxidation sites excluding steroid dienone is 2. The van der Waals surface area contributed by atoms with E-state index in [1.165, 1.54) is 0 Å². The Morgan fingerprint density at radius 1 is 1.26 bits per heavy atom. The minimum absolute atomic E-state index is 0.170. The van der Waals surface area contributed by atoms with E-state index in [1.807, 2.05) is 18.4 Å². The molecule has 19 heavy (non-hydrogen) atoms. The molecule has 0 heterocycles. The van der Waals surface area contributed by atoms with Crippen LogP contribution in [0, 0.1) is 11.8 Å². The predicted molar refractivity (Wildman–Crippen MR) is 81.4 cm³/mol. The molecule has 0 bridgehead atoms.